The Labute approximate surface area is 168 Å². The topological polar surface area (TPSA) is 41.6 Å². The second-order valence-corrected chi connectivity index (χ2v) is 8.30. The molecule has 0 aliphatic carbocycles. The molecule has 0 bridgehead atoms. The van der Waals surface area contributed by atoms with Crippen LogP contribution in [-0.2, 0) is 16.1 Å². The summed E-state index contributed by atoms with van der Waals surface area (Å²) in [6, 6.07) is 7.69. The Morgan fingerprint density at radius 1 is 1.38 bits per heavy atom. The molecule has 2 heterocycles. The van der Waals surface area contributed by atoms with Crippen LogP contribution >= 0.6 is 34.5 Å². The Hall–Kier alpha value is -1.11. The van der Waals surface area contributed by atoms with Crippen molar-refractivity contribution in [2.24, 2.45) is 0 Å². The molecule has 1 N–H and O–H groups in total. The molecule has 7 heteroatoms. The van der Waals surface area contributed by atoms with Gasteiger partial charge >= 0.3 is 0 Å². The normalized spacial score (nSPS) is 17.0. The highest BCUT2D eigenvalue weighted by atomic mass is 35.5. The standard InChI is InChI=1S/C19H22Cl2N2O2S/c1-13-6-7-16(20)19(18(13)21)22-17(24)12-23(10-14-4-2-8-25-14)11-15-5-3-9-26-15/h3,5-7,9,14H,2,4,8,10-12H2,1H3,(H,22,24). The van der Waals surface area contributed by atoms with Crippen LogP contribution in [0.5, 0.6) is 0 Å². The number of hydrogen-bond donors (Lipinski definition) is 1. The summed E-state index contributed by atoms with van der Waals surface area (Å²) in [4.78, 5) is 16.0. The predicted molar refractivity (Wildman–Crippen MR) is 108 cm³/mol. The van der Waals surface area contributed by atoms with E-state index in [1.54, 1.807) is 17.4 Å². The molecule has 1 aliphatic heterocycles. The number of anilines is 1. The van der Waals surface area contributed by atoms with Gasteiger partial charge < -0.3 is 10.1 Å². The third kappa shape index (κ3) is 5.21. The van der Waals surface area contributed by atoms with Gasteiger partial charge in [-0.05, 0) is 42.8 Å². The summed E-state index contributed by atoms with van der Waals surface area (Å²) in [7, 11) is 0. The summed E-state index contributed by atoms with van der Waals surface area (Å²) >= 11 is 14.2. The van der Waals surface area contributed by atoms with Crippen LogP contribution in [0.2, 0.25) is 10.0 Å². The van der Waals surface area contributed by atoms with Crippen LogP contribution in [0, 0.1) is 6.92 Å². The zero-order valence-electron chi connectivity index (χ0n) is 14.6. The molecule has 1 fully saturated rings. The van der Waals surface area contributed by atoms with E-state index in [-0.39, 0.29) is 18.6 Å². The van der Waals surface area contributed by atoms with Gasteiger partial charge in [0, 0.05) is 24.6 Å². The number of aryl methyl sites for hydroxylation is 1. The van der Waals surface area contributed by atoms with Crippen LogP contribution in [0.1, 0.15) is 23.3 Å². The molecule has 1 aromatic carbocycles. The van der Waals surface area contributed by atoms with Gasteiger partial charge in [-0.3, -0.25) is 9.69 Å². The minimum Gasteiger partial charge on any atom is -0.377 e. The molecule has 1 aliphatic rings. The smallest absolute Gasteiger partial charge is 0.238 e. The minimum absolute atomic E-state index is 0.131. The molecule has 4 nitrogen and oxygen atoms in total. The zero-order chi connectivity index (χ0) is 18.5. The Morgan fingerprint density at radius 2 is 2.23 bits per heavy atom. The molecule has 0 saturated carbocycles. The van der Waals surface area contributed by atoms with E-state index in [4.69, 9.17) is 27.9 Å². The second kappa shape index (κ2) is 9.20. The number of thiophene rings is 1. The number of carbonyl (C=O) groups is 1. The van der Waals surface area contributed by atoms with Crippen LogP contribution in [0.3, 0.4) is 0 Å². The lowest BCUT2D eigenvalue weighted by Crippen LogP contribution is -2.37. The summed E-state index contributed by atoms with van der Waals surface area (Å²) in [6.07, 6.45) is 2.31. The van der Waals surface area contributed by atoms with Crippen LogP contribution in [0.4, 0.5) is 5.69 Å². The van der Waals surface area contributed by atoms with Crippen molar-refractivity contribution in [2.45, 2.75) is 32.4 Å². The molecule has 0 spiro atoms. The number of nitrogens with one attached hydrogen (secondary N) is 1. The monoisotopic (exact) mass is 412 g/mol. The van der Waals surface area contributed by atoms with E-state index in [0.717, 1.165) is 38.1 Å². The Balaban J connectivity index is 1.67. The first-order valence-corrected chi connectivity index (χ1v) is 10.3. The first kappa shape index (κ1) is 19.6. The van der Waals surface area contributed by atoms with Crippen molar-refractivity contribution < 1.29 is 9.53 Å². The Kier molecular flexibility index (Phi) is 6.95. The van der Waals surface area contributed by atoms with Gasteiger partial charge in [0.2, 0.25) is 5.91 Å². The van der Waals surface area contributed by atoms with E-state index in [0.29, 0.717) is 15.7 Å². The summed E-state index contributed by atoms with van der Waals surface area (Å²) in [5.41, 5.74) is 1.35. The van der Waals surface area contributed by atoms with Gasteiger partial charge in [0.1, 0.15) is 0 Å². The molecule has 1 atom stereocenters. The molecule has 26 heavy (non-hydrogen) atoms. The Morgan fingerprint density at radius 3 is 2.92 bits per heavy atom. The molecular weight excluding hydrogens is 391 g/mol. The lowest BCUT2D eigenvalue weighted by Gasteiger charge is -2.24. The zero-order valence-corrected chi connectivity index (χ0v) is 17.0. The molecule has 3 rings (SSSR count). The summed E-state index contributed by atoms with van der Waals surface area (Å²) in [5.74, 6) is -0.131. The maximum atomic E-state index is 12.6. The van der Waals surface area contributed by atoms with E-state index >= 15 is 0 Å². The van der Waals surface area contributed by atoms with Gasteiger partial charge in [-0.25, -0.2) is 0 Å². The molecule has 1 saturated heterocycles. The molecular formula is C19H22Cl2N2O2S. The Bertz CT molecular complexity index is 746. The molecule has 0 radical (unpaired) electrons. The fraction of sp³-hybridized carbons (Fsp3) is 0.421. The van der Waals surface area contributed by atoms with Crippen LogP contribution < -0.4 is 5.32 Å². The number of benzene rings is 1. The number of halogens is 2. The van der Waals surface area contributed by atoms with Crippen LogP contribution in [-0.4, -0.2) is 36.6 Å². The average molecular weight is 413 g/mol. The SMILES string of the molecule is Cc1ccc(Cl)c(NC(=O)CN(Cc2cccs2)CC2CCCO2)c1Cl. The van der Waals surface area contributed by atoms with Crippen molar-refractivity contribution in [3.05, 3.63) is 50.1 Å². The number of hydrogen-bond acceptors (Lipinski definition) is 4. The van der Waals surface area contributed by atoms with Crippen molar-refractivity contribution >= 4 is 46.1 Å². The first-order valence-electron chi connectivity index (χ1n) is 8.63. The van der Waals surface area contributed by atoms with E-state index in [1.807, 2.05) is 24.4 Å². The highest BCUT2D eigenvalue weighted by molar-refractivity contribution is 7.09. The number of ether oxygens (including phenoxy) is 1. The van der Waals surface area contributed by atoms with Crippen molar-refractivity contribution in [3.63, 3.8) is 0 Å². The maximum Gasteiger partial charge on any atom is 0.238 e. The number of rotatable bonds is 7. The number of carbonyl (C=O) groups excluding carboxylic acids is 1. The van der Waals surface area contributed by atoms with Crippen molar-refractivity contribution in [3.8, 4) is 0 Å². The highest BCUT2D eigenvalue weighted by Crippen LogP contribution is 2.32. The van der Waals surface area contributed by atoms with Gasteiger partial charge in [0.05, 0.1) is 28.4 Å². The fourth-order valence-corrected chi connectivity index (χ4v) is 4.25. The lowest BCUT2D eigenvalue weighted by molar-refractivity contribution is -0.117. The molecule has 1 unspecified atom stereocenters. The van der Waals surface area contributed by atoms with Gasteiger partial charge in [0.25, 0.3) is 0 Å². The maximum absolute atomic E-state index is 12.6. The predicted octanol–water partition coefficient (Wildman–Crippen LogP) is 4.98. The molecule has 1 amide bonds. The van der Waals surface area contributed by atoms with Gasteiger partial charge in [0.15, 0.2) is 0 Å². The van der Waals surface area contributed by atoms with E-state index < -0.39 is 0 Å². The van der Waals surface area contributed by atoms with E-state index in [1.165, 1.54) is 4.88 Å². The largest absolute Gasteiger partial charge is 0.377 e. The van der Waals surface area contributed by atoms with Crippen molar-refractivity contribution in [2.75, 3.05) is 25.0 Å². The third-order valence-corrected chi connectivity index (χ3v) is 6.02. The fourth-order valence-electron chi connectivity index (χ4n) is 3.04. The molecule has 1 aromatic heterocycles. The third-order valence-electron chi connectivity index (χ3n) is 4.36. The summed E-state index contributed by atoms with van der Waals surface area (Å²) < 4.78 is 5.74. The van der Waals surface area contributed by atoms with Crippen LogP contribution in [0.25, 0.3) is 0 Å². The van der Waals surface area contributed by atoms with Gasteiger partial charge in [-0.2, -0.15) is 0 Å². The first-order chi connectivity index (χ1) is 12.5. The number of nitrogens with zero attached hydrogens (tertiary/aromatic N) is 1. The van der Waals surface area contributed by atoms with E-state index in [9.17, 15) is 4.79 Å². The highest BCUT2D eigenvalue weighted by Gasteiger charge is 2.22. The summed E-state index contributed by atoms with van der Waals surface area (Å²) in [5, 5.41) is 5.84. The summed E-state index contributed by atoms with van der Waals surface area (Å²) in [6.45, 7) is 4.41. The number of amides is 1. The average Bonchev–Trinajstić information content (AvgIpc) is 3.29. The van der Waals surface area contributed by atoms with Gasteiger partial charge in [-0.1, -0.05) is 35.3 Å². The molecule has 140 valence electrons. The minimum atomic E-state index is -0.131. The molecule has 2 aromatic rings. The van der Waals surface area contributed by atoms with Crippen molar-refractivity contribution in [1.82, 2.24) is 4.90 Å². The van der Waals surface area contributed by atoms with E-state index in [2.05, 4.69) is 16.3 Å². The van der Waals surface area contributed by atoms with Crippen LogP contribution in [0.15, 0.2) is 29.6 Å². The lowest BCUT2D eigenvalue weighted by atomic mass is 10.2. The second-order valence-electron chi connectivity index (χ2n) is 6.49. The quantitative estimate of drug-likeness (QED) is 0.696. The van der Waals surface area contributed by atoms with Crippen molar-refractivity contribution in [1.29, 1.82) is 0 Å². The van der Waals surface area contributed by atoms with Gasteiger partial charge in [-0.15, -0.1) is 11.3 Å².